The lowest BCUT2D eigenvalue weighted by atomic mass is 10.1. The van der Waals surface area contributed by atoms with Crippen LogP contribution in [0.3, 0.4) is 0 Å². The van der Waals surface area contributed by atoms with Gasteiger partial charge in [-0.1, -0.05) is 195 Å². The SMILES string of the molecule is C.C.C.C.C.C.C.Cc1cc(C)cc(C)c1.Cc1cccc(C)c1.Cc1ccccc1.[HH].[HH].[HH].c1ccccc1. The molecule has 4 aromatic rings. The number of rotatable bonds is 0. The van der Waals surface area contributed by atoms with Crippen molar-refractivity contribution in [3.05, 3.63) is 143 Å². The van der Waals surface area contributed by atoms with E-state index in [1.165, 1.54) is 33.4 Å². The molecule has 0 heteroatoms. The third kappa shape index (κ3) is 29.0. The van der Waals surface area contributed by atoms with Gasteiger partial charge < -0.3 is 0 Å². The molecule has 0 unspecified atom stereocenters. The second kappa shape index (κ2) is 30.9. The van der Waals surface area contributed by atoms with Gasteiger partial charge in [-0.15, -0.1) is 0 Å². The average molecular weight is 515 g/mol. The molecule has 0 bridgehead atoms. The molecule has 0 saturated carbocycles. The molecule has 0 atom stereocenters. The van der Waals surface area contributed by atoms with Gasteiger partial charge in [0, 0.05) is 4.28 Å². The second-order valence-electron chi connectivity index (χ2n) is 7.63. The third-order valence-electron chi connectivity index (χ3n) is 4.15. The molecule has 0 nitrogen and oxygen atoms in total. The van der Waals surface area contributed by atoms with Crippen LogP contribution in [-0.4, -0.2) is 0 Å². The van der Waals surface area contributed by atoms with Gasteiger partial charge in [0.25, 0.3) is 0 Å². The summed E-state index contributed by atoms with van der Waals surface area (Å²) in [6.07, 6.45) is 0. The Morgan fingerprint density at radius 3 is 0.676 bits per heavy atom. The molecule has 0 amide bonds. The van der Waals surface area contributed by atoms with Crippen LogP contribution in [0.4, 0.5) is 0 Å². The molecule has 37 heavy (non-hydrogen) atoms. The molecule has 4 rings (SSSR count). The van der Waals surface area contributed by atoms with E-state index in [1.54, 1.807) is 0 Å². The summed E-state index contributed by atoms with van der Waals surface area (Å²) in [5.41, 5.74) is 8.06. The quantitative estimate of drug-likeness (QED) is 0.219. The molecule has 0 aliphatic rings. The molecule has 0 fully saturated rings. The summed E-state index contributed by atoms with van der Waals surface area (Å²) in [7, 11) is 0. The topological polar surface area (TPSA) is 0 Å². The van der Waals surface area contributed by atoms with Crippen molar-refractivity contribution in [2.45, 2.75) is 93.5 Å². The van der Waals surface area contributed by atoms with Crippen molar-refractivity contribution in [1.29, 1.82) is 0 Å². The van der Waals surface area contributed by atoms with Crippen LogP contribution in [0.5, 0.6) is 0 Å². The van der Waals surface area contributed by atoms with E-state index in [9.17, 15) is 0 Å². The Morgan fingerprint density at radius 2 is 0.486 bits per heavy atom. The van der Waals surface area contributed by atoms with Gasteiger partial charge in [0.05, 0.1) is 0 Å². The molecular weight excluding hydrogens is 444 g/mol. The molecule has 0 N–H and O–H groups in total. The fourth-order valence-corrected chi connectivity index (χ4v) is 2.93. The van der Waals surface area contributed by atoms with Crippen molar-refractivity contribution in [3.63, 3.8) is 0 Å². The summed E-state index contributed by atoms with van der Waals surface area (Å²) in [5.74, 6) is 0. The fourth-order valence-electron chi connectivity index (χ4n) is 2.93. The van der Waals surface area contributed by atoms with E-state index >= 15 is 0 Å². The maximum absolute atomic E-state index is 2.19. The largest absolute Gasteiger partial charge is 0.0776 e. The van der Waals surface area contributed by atoms with Crippen LogP contribution in [0, 0.1) is 41.5 Å². The first-order chi connectivity index (χ1) is 14.4. The Morgan fingerprint density at radius 1 is 0.270 bits per heavy atom. The molecule has 0 spiro atoms. The fraction of sp³-hybridized carbons (Fsp3) is 0.351. The minimum Gasteiger partial charge on any atom is -0.0776 e. The normalized spacial score (nSPS) is 7.30. The molecule has 0 aliphatic carbocycles. The molecule has 0 aliphatic heterocycles. The smallest absolute Gasteiger partial charge is 0 e. The number of benzene rings is 4. The Kier molecular flexibility index (Phi) is 42.3. The highest BCUT2D eigenvalue weighted by molar-refractivity contribution is 5.27. The Balaban J connectivity index is -0.0000000348. The van der Waals surface area contributed by atoms with Gasteiger partial charge in [-0.25, -0.2) is 0 Å². The lowest BCUT2D eigenvalue weighted by Gasteiger charge is -1.96. The highest BCUT2D eigenvalue weighted by atomic mass is 13.9. The van der Waals surface area contributed by atoms with Crippen molar-refractivity contribution >= 4 is 0 Å². The second-order valence-corrected chi connectivity index (χ2v) is 7.63. The van der Waals surface area contributed by atoms with Crippen molar-refractivity contribution < 1.29 is 4.28 Å². The van der Waals surface area contributed by atoms with Gasteiger partial charge in [0.15, 0.2) is 0 Å². The third-order valence-corrected chi connectivity index (χ3v) is 4.15. The van der Waals surface area contributed by atoms with Crippen molar-refractivity contribution in [1.82, 2.24) is 0 Å². The van der Waals surface area contributed by atoms with Gasteiger partial charge in [0.1, 0.15) is 0 Å². The summed E-state index contributed by atoms with van der Waals surface area (Å²) in [4.78, 5) is 0. The first-order valence-electron chi connectivity index (χ1n) is 10.5. The predicted molar refractivity (Wildman–Crippen MR) is 188 cm³/mol. The van der Waals surface area contributed by atoms with Crippen LogP contribution in [0.25, 0.3) is 0 Å². The average Bonchev–Trinajstić information content (AvgIpc) is 2.70. The first kappa shape index (κ1) is 50.7. The number of hydrogen-bond acceptors (Lipinski definition) is 0. The highest BCUT2D eigenvalue weighted by Crippen LogP contribution is 2.06. The monoisotopic (exact) mass is 515 g/mol. The van der Waals surface area contributed by atoms with Crippen molar-refractivity contribution in [2.24, 2.45) is 0 Å². The van der Waals surface area contributed by atoms with Crippen LogP contribution in [0.1, 0.15) is 89.6 Å². The maximum Gasteiger partial charge on any atom is 0 e. The Bertz CT molecular complexity index is 859. The number of aryl methyl sites for hydroxylation is 6. The molecule has 0 saturated heterocycles. The summed E-state index contributed by atoms with van der Waals surface area (Å²) in [5, 5.41) is 0. The van der Waals surface area contributed by atoms with Gasteiger partial charge >= 0.3 is 0 Å². The Labute approximate surface area is 240 Å². The van der Waals surface area contributed by atoms with E-state index < -0.39 is 0 Å². The highest BCUT2D eigenvalue weighted by Gasteiger charge is 1.87. The zero-order valence-electron chi connectivity index (χ0n) is 19.4. The van der Waals surface area contributed by atoms with E-state index in [0.717, 1.165) is 0 Å². The maximum atomic E-state index is 2.19. The Hall–Kier alpha value is -3.12. The standard InChI is InChI=1S/C9H12.C8H10.C7H8.C6H6.7CH4.3H2/c1-7-4-8(2)6-9(3)5-7;1-7-4-3-5-8(2)6-7;1-7-5-3-2-4-6-7;1-2-4-6-5-3-1;;;;;;;;;;/h4-6H,1-3H3;3-6H,1-2H3;2-6H,1H3;1-6H;7*1H4;3*1H. The summed E-state index contributed by atoms with van der Waals surface area (Å²) >= 11 is 0. The van der Waals surface area contributed by atoms with Crippen LogP contribution in [-0.2, 0) is 0 Å². The van der Waals surface area contributed by atoms with E-state index in [2.05, 4.69) is 96.1 Å². The van der Waals surface area contributed by atoms with E-state index in [0.29, 0.717) is 0 Å². The predicted octanol–water partition coefficient (Wildman–Crippen LogP) is 13.8. The molecule has 0 radical (unpaired) electrons. The summed E-state index contributed by atoms with van der Waals surface area (Å²) in [6.45, 7) is 12.7. The van der Waals surface area contributed by atoms with Gasteiger partial charge in [0.2, 0.25) is 0 Å². The summed E-state index contributed by atoms with van der Waals surface area (Å²) in [6, 6.07) is 37.3. The van der Waals surface area contributed by atoms with Gasteiger partial charge in [-0.3, -0.25) is 0 Å². The number of hydrogen-bond donors (Lipinski definition) is 0. The van der Waals surface area contributed by atoms with Crippen molar-refractivity contribution in [2.75, 3.05) is 0 Å². The van der Waals surface area contributed by atoms with Gasteiger partial charge in [-0.2, -0.15) is 0 Å². The molecule has 4 aromatic carbocycles. The minimum atomic E-state index is 0. The van der Waals surface area contributed by atoms with E-state index in [4.69, 9.17) is 0 Å². The van der Waals surface area contributed by atoms with Crippen LogP contribution in [0.15, 0.2) is 109 Å². The summed E-state index contributed by atoms with van der Waals surface area (Å²) < 4.78 is 0. The van der Waals surface area contributed by atoms with Crippen molar-refractivity contribution in [3.8, 4) is 0 Å². The molecule has 218 valence electrons. The van der Waals surface area contributed by atoms with E-state index in [1.807, 2.05) is 54.6 Å². The zero-order valence-corrected chi connectivity index (χ0v) is 19.4. The lowest BCUT2D eigenvalue weighted by molar-refractivity contribution is 1.32. The van der Waals surface area contributed by atoms with Crippen LogP contribution < -0.4 is 0 Å². The van der Waals surface area contributed by atoms with Crippen LogP contribution in [0.2, 0.25) is 0 Å². The minimum absolute atomic E-state index is 0. The van der Waals surface area contributed by atoms with Crippen LogP contribution >= 0.6 is 0 Å². The zero-order chi connectivity index (χ0) is 22.2. The molecular formula is C37H70. The lowest BCUT2D eigenvalue weighted by Crippen LogP contribution is -1.78. The van der Waals surface area contributed by atoms with Gasteiger partial charge in [-0.05, 0) is 41.5 Å². The first-order valence-corrected chi connectivity index (χ1v) is 10.5. The molecule has 0 aromatic heterocycles. The van der Waals surface area contributed by atoms with E-state index in [-0.39, 0.29) is 56.3 Å². The molecule has 0 heterocycles.